The Balaban J connectivity index is 1.31. The average Bonchev–Trinajstić information content (AvgIpc) is 3.47. The highest BCUT2D eigenvalue weighted by atomic mass is 35.5. The van der Waals surface area contributed by atoms with Crippen LogP contribution in [0.2, 0.25) is 5.02 Å². The molecule has 0 atom stereocenters. The minimum atomic E-state index is -0.509. The number of amides is 3. The van der Waals surface area contributed by atoms with Crippen molar-refractivity contribution in [1.82, 2.24) is 15.1 Å². The molecule has 1 aromatic carbocycles. The van der Waals surface area contributed by atoms with E-state index in [1.54, 1.807) is 6.08 Å². The van der Waals surface area contributed by atoms with Crippen molar-refractivity contribution in [3.05, 3.63) is 62.1 Å². The summed E-state index contributed by atoms with van der Waals surface area (Å²) in [5.74, 6) is -0.298. The average molecular weight is 509 g/mol. The van der Waals surface area contributed by atoms with Crippen LogP contribution in [0.1, 0.15) is 10.4 Å². The van der Waals surface area contributed by atoms with E-state index in [0.717, 1.165) is 27.1 Å². The van der Waals surface area contributed by atoms with E-state index in [0.29, 0.717) is 25.2 Å². The molecule has 0 unspecified atom stereocenters. The highest BCUT2D eigenvalue weighted by molar-refractivity contribution is 8.18. The summed E-state index contributed by atoms with van der Waals surface area (Å²) in [4.78, 5) is 39.1. The molecule has 0 spiro atoms. The van der Waals surface area contributed by atoms with Crippen molar-refractivity contribution in [3.63, 3.8) is 0 Å². The zero-order chi connectivity index (χ0) is 21.8. The number of rotatable bonds is 7. The third kappa shape index (κ3) is 5.74. The molecular weight excluding hydrogens is 496 g/mol. The number of carbonyl (C=O) groups is 3. The molecule has 0 bridgehead atoms. The van der Waals surface area contributed by atoms with Crippen LogP contribution in [0.4, 0.5) is 9.93 Å². The van der Waals surface area contributed by atoms with Crippen molar-refractivity contribution < 1.29 is 14.4 Å². The summed E-state index contributed by atoms with van der Waals surface area (Å²) >= 11 is 10.9. The van der Waals surface area contributed by atoms with E-state index >= 15 is 0 Å². The van der Waals surface area contributed by atoms with E-state index in [4.69, 9.17) is 11.6 Å². The Morgan fingerprint density at radius 2 is 2.00 bits per heavy atom. The summed E-state index contributed by atoms with van der Waals surface area (Å²) in [7, 11) is 0. The SMILES string of the molecule is O=C(CN1C(=O)SC(=Cc2cccs2)C1=O)Nc1nnc(SCc2ccc(Cl)cc2)s1. The number of imide groups is 1. The van der Waals surface area contributed by atoms with Gasteiger partial charge in [-0.1, -0.05) is 52.9 Å². The van der Waals surface area contributed by atoms with Gasteiger partial charge in [0.2, 0.25) is 11.0 Å². The Hall–Kier alpha value is -2.18. The van der Waals surface area contributed by atoms with Crippen LogP contribution in [0, 0.1) is 0 Å². The Labute approximate surface area is 198 Å². The van der Waals surface area contributed by atoms with E-state index < -0.39 is 17.1 Å². The number of thiophene rings is 1. The summed E-state index contributed by atoms with van der Waals surface area (Å²) < 4.78 is 0.690. The van der Waals surface area contributed by atoms with E-state index in [-0.39, 0.29) is 6.54 Å². The van der Waals surface area contributed by atoms with Crippen LogP contribution in [0.3, 0.4) is 0 Å². The first-order valence-electron chi connectivity index (χ1n) is 8.77. The van der Waals surface area contributed by atoms with Gasteiger partial charge in [0.15, 0.2) is 4.34 Å². The molecule has 12 heteroatoms. The van der Waals surface area contributed by atoms with Gasteiger partial charge in [0.1, 0.15) is 6.54 Å². The van der Waals surface area contributed by atoms with Crippen LogP contribution in [-0.4, -0.2) is 38.7 Å². The maximum Gasteiger partial charge on any atom is 0.294 e. The van der Waals surface area contributed by atoms with Gasteiger partial charge in [0.25, 0.3) is 11.1 Å². The Bertz CT molecular complexity index is 1150. The number of hydrogen-bond donors (Lipinski definition) is 1. The molecule has 7 nitrogen and oxygen atoms in total. The Morgan fingerprint density at radius 1 is 1.19 bits per heavy atom. The number of halogens is 1. The van der Waals surface area contributed by atoms with Crippen LogP contribution >= 0.6 is 57.8 Å². The molecule has 0 aliphatic carbocycles. The van der Waals surface area contributed by atoms with Crippen LogP contribution in [-0.2, 0) is 15.3 Å². The number of anilines is 1. The number of aromatic nitrogens is 2. The molecular formula is C19H13ClN4O3S4. The molecule has 0 radical (unpaired) electrons. The van der Waals surface area contributed by atoms with Crippen molar-refractivity contribution in [2.24, 2.45) is 0 Å². The number of hydrogen-bond acceptors (Lipinski definition) is 9. The molecule has 3 aromatic rings. The standard InChI is InChI=1S/C19H13ClN4O3S4/c20-12-5-3-11(4-6-12)10-29-18-23-22-17(31-18)21-15(25)9-24-16(26)14(30-19(24)27)8-13-2-1-7-28-13/h1-8H,9-10H2,(H,21,22,25). The fraction of sp³-hybridized carbons (Fsp3) is 0.105. The fourth-order valence-electron chi connectivity index (χ4n) is 2.49. The molecule has 1 N–H and O–H groups in total. The molecule has 1 fully saturated rings. The molecule has 1 aliphatic heterocycles. The maximum absolute atomic E-state index is 12.5. The highest BCUT2D eigenvalue weighted by Gasteiger charge is 2.36. The number of nitrogens with one attached hydrogen (secondary N) is 1. The molecule has 31 heavy (non-hydrogen) atoms. The molecule has 0 saturated carbocycles. The van der Waals surface area contributed by atoms with Crippen LogP contribution < -0.4 is 5.32 Å². The topological polar surface area (TPSA) is 92.3 Å². The zero-order valence-corrected chi connectivity index (χ0v) is 19.6. The second-order valence-corrected chi connectivity index (χ2v) is 10.7. The lowest BCUT2D eigenvalue weighted by Gasteiger charge is -2.10. The molecule has 4 rings (SSSR count). The monoisotopic (exact) mass is 508 g/mol. The van der Waals surface area contributed by atoms with Crippen LogP contribution in [0.5, 0.6) is 0 Å². The highest BCUT2D eigenvalue weighted by Crippen LogP contribution is 2.33. The van der Waals surface area contributed by atoms with Gasteiger partial charge in [0.05, 0.1) is 4.91 Å². The predicted octanol–water partition coefficient (Wildman–Crippen LogP) is 5.22. The van der Waals surface area contributed by atoms with Crippen molar-refractivity contribution >= 4 is 86.1 Å². The normalized spacial score (nSPS) is 15.1. The first kappa shape index (κ1) is 22.0. The Kier molecular flexibility index (Phi) is 7.08. The first-order chi connectivity index (χ1) is 15.0. The van der Waals surface area contributed by atoms with Crippen molar-refractivity contribution in [3.8, 4) is 0 Å². The van der Waals surface area contributed by atoms with E-state index in [1.165, 1.54) is 34.4 Å². The third-order valence-corrected chi connectivity index (χ3v) is 7.94. The van der Waals surface area contributed by atoms with Crippen LogP contribution in [0.15, 0.2) is 51.0 Å². The van der Waals surface area contributed by atoms with Gasteiger partial charge in [0, 0.05) is 15.7 Å². The zero-order valence-electron chi connectivity index (χ0n) is 15.6. The third-order valence-electron chi connectivity index (χ3n) is 3.92. The predicted molar refractivity (Wildman–Crippen MR) is 127 cm³/mol. The molecule has 1 aliphatic rings. The summed E-state index contributed by atoms with van der Waals surface area (Å²) in [6.07, 6.45) is 1.66. The first-order valence-corrected chi connectivity index (χ1v) is 12.6. The smallest absolute Gasteiger partial charge is 0.294 e. The van der Waals surface area contributed by atoms with Crippen molar-refractivity contribution in [1.29, 1.82) is 0 Å². The molecule has 3 heterocycles. The van der Waals surface area contributed by atoms with Crippen LogP contribution in [0.25, 0.3) is 6.08 Å². The lowest BCUT2D eigenvalue weighted by molar-refractivity contribution is -0.127. The number of thioether (sulfide) groups is 2. The largest absolute Gasteiger partial charge is 0.299 e. The Morgan fingerprint density at radius 3 is 2.74 bits per heavy atom. The summed E-state index contributed by atoms with van der Waals surface area (Å²) in [6, 6.07) is 11.2. The summed E-state index contributed by atoms with van der Waals surface area (Å²) in [5.41, 5.74) is 1.09. The van der Waals surface area contributed by atoms with Crippen molar-refractivity contribution in [2.45, 2.75) is 10.1 Å². The van der Waals surface area contributed by atoms with Gasteiger partial charge in [-0.15, -0.1) is 21.5 Å². The molecule has 158 valence electrons. The van der Waals surface area contributed by atoms with Gasteiger partial charge in [-0.25, -0.2) is 0 Å². The molecule has 1 saturated heterocycles. The second-order valence-electron chi connectivity index (χ2n) is 6.12. The second kappa shape index (κ2) is 9.96. The van der Waals surface area contributed by atoms with E-state index in [2.05, 4.69) is 15.5 Å². The minimum Gasteiger partial charge on any atom is -0.299 e. The lowest BCUT2D eigenvalue weighted by Crippen LogP contribution is -2.36. The van der Waals surface area contributed by atoms with E-state index in [1.807, 2.05) is 41.8 Å². The van der Waals surface area contributed by atoms with Gasteiger partial charge in [-0.2, -0.15) is 0 Å². The molecule has 3 amide bonds. The number of carbonyl (C=O) groups excluding carboxylic acids is 3. The van der Waals surface area contributed by atoms with Gasteiger partial charge in [-0.3, -0.25) is 24.6 Å². The van der Waals surface area contributed by atoms with Gasteiger partial charge in [-0.05, 0) is 47.0 Å². The number of nitrogens with zero attached hydrogens (tertiary/aromatic N) is 3. The van der Waals surface area contributed by atoms with Crippen molar-refractivity contribution in [2.75, 3.05) is 11.9 Å². The quantitative estimate of drug-likeness (QED) is 0.265. The fourth-order valence-corrected chi connectivity index (χ4v) is 5.90. The molecule has 2 aromatic heterocycles. The lowest BCUT2D eigenvalue weighted by atomic mass is 10.2. The number of benzene rings is 1. The minimum absolute atomic E-state index is 0.303. The summed E-state index contributed by atoms with van der Waals surface area (Å²) in [5, 5.41) is 13.0. The maximum atomic E-state index is 12.5. The summed E-state index contributed by atoms with van der Waals surface area (Å²) in [6.45, 7) is -0.376. The van der Waals surface area contributed by atoms with Gasteiger partial charge < -0.3 is 0 Å². The van der Waals surface area contributed by atoms with Gasteiger partial charge >= 0.3 is 0 Å². The van der Waals surface area contributed by atoms with E-state index in [9.17, 15) is 14.4 Å².